The zero-order valence-electron chi connectivity index (χ0n) is 14.1. The van der Waals surface area contributed by atoms with Crippen molar-refractivity contribution < 1.29 is 22.4 Å². The standard InChI is InChI=1S/C19H17F3N2O2/c1-2-3-4-5-6-16-11-12-17(26-16)18(25)24-23-13-14-7-9-15(10-8-14)19(20,21)22/h7-13H,2-4H2,1H3,(H,24,25). The Balaban J connectivity index is 1.91. The van der Waals surface area contributed by atoms with Gasteiger partial charge in [-0.05, 0) is 42.2 Å². The van der Waals surface area contributed by atoms with E-state index in [9.17, 15) is 18.0 Å². The molecule has 0 unspecified atom stereocenters. The maximum Gasteiger partial charge on any atom is 0.416 e. The van der Waals surface area contributed by atoms with E-state index in [1.54, 1.807) is 6.07 Å². The predicted octanol–water partition coefficient (Wildman–Crippen LogP) is 4.60. The number of nitrogens with zero attached hydrogens (tertiary/aromatic N) is 1. The van der Waals surface area contributed by atoms with E-state index < -0.39 is 17.6 Å². The van der Waals surface area contributed by atoms with E-state index in [0.29, 0.717) is 11.3 Å². The van der Waals surface area contributed by atoms with Gasteiger partial charge >= 0.3 is 12.1 Å². The minimum Gasteiger partial charge on any atom is -0.443 e. The highest BCUT2D eigenvalue weighted by Gasteiger charge is 2.29. The summed E-state index contributed by atoms with van der Waals surface area (Å²) < 4.78 is 42.7. The van der Waals surface area contributed by atoms with Gasteiger partial charge in [-0.15, -0.1) is 0 Å². The van der Waals surface area contributed by atoms with Crippen LogP contribution < -0.4 is 5.43 Å². The number of unbranched alkanes of at least 4 members (excludes halogenated alkanes) is 2. The number of carbonyl (C=O) groups is 1. The molecule has 0 radical (unpaired) electrons. The molecule has 0 aliphatic rings. The van der Waals surface area contributed by atoms with E-state index in [0.717, 1.165) is 31.4 Å². The maximum atomic E-state index is 12.5. The van der Waals surface area contributed by atoms with E-state index in [2.05, 4.69) is 29.3 Å². The molecule has 2 aromatic rings. The summed E-state index contributed by atoms with van der Waals surface area (Å²) in [6.07, 6.45) is -0.333. The van der Waals surface area contributed by atoms with E-state index in [4.69, 9.17) is 4.42 Å². The van der Waals surface area contributed by atoms with Crippen molar-refractivity contribution in [2.75, 3.05) is 0 Å². The van der Waals surface area contributed by atoms with Gasteiger partial charge in [-0.1, -0.05) is 31.4 Å². The highest BCUT2D eigenvalue weighted by Crippen LogP contribution is 2.28. The molecule has 1 N–H and O–H groups in total. The molecule has 0 aliphatic heterocycles. The fourth-order valence-corrected chi connectivity index (χ4v) is 1.92. The Hall–Kier alpha value is -3.01. The number of nitrogens with one attached hydrogen (secondary N) is 1. The molecule has 1 amide bonds. The van der Waals surface area contributed by atoms with Crippen molar-refractivity contribution in [3.05, 3.63) is 59.0 Å². The van der Waals surface area contributed by atoms with E-state index in [-0.39, 0.29) is 5.76 Å². The number of amides is 1. The topological polar surface area (TPSA) is 54.6 Å². The summed E-state index contributed by atoms with van der Waals surface area (Å²) in [6, 6.07) is 7.48. The van der Waals surface area contributed by atoms with Crippen LogP contribution in [0.5, 0.6) is 0 Å². The van der Waals surface area contributed by atoms with Crippen LogP contribution in [0.1, 0.15) is 53.6 Å². The molecular formula is C19H17F3N2O2. The van der Waals surface area contributed by atoms with Crippen molar-refractivity contribution in [2.24, 2.45) is 5.10 Å². The van der Waals surface area contributed by atoms with Gasteiger partial charge < -0.3 is 4.42 Å². The normalized spacial score (nSPS) is 11.2. The Kier molecular flexibility index (Phi) is 6.61. The Morgan fingerprint density at radius 2 is 1.96 bits per heavy atom. The first kappa shape index (κ1) is 19.3. The first-order valence-corrected chi connectivity index (χ1v) is 7.99. The van der Waals surface area contributed by atoms with Crippen LogP contribution in [0.2, 0.25) is 0 Å². The molecule has 1 heterocycles. The van der Waals surface area contributed by atoms with Crippen molar-refractivity contribution in [3.8, 4) is 11.8 Å². The summed E-state index contributed by atoms with van der Waals surface area (Å²) in [7, 11) is 0. The smallest absolute Gasteiger partial charge is 0.416 e. The number of carbonyl (C=O) groups excluding carboxylic acids is 1. The van der Waals surface area contributed by atoms with Gasteiger partial charge in [-0.2, -0.15) is 18.3 Å². The molecule has 0 saturated carbocycles. The van der Waals surface area contributed by atoms with Crippen molar-refractivity contribution in [3.63, 3.8) is 0 Å². The Morgan fingerprint density at radius 1 is 1.23 bits per heavy atom. The molecule has 7 heteroatoms. The summed E-state index contributed by atoms with van der Waals surface area (Å²) in [5.74, 6) is 5.64. The Labute approximate surface area is 149 Å². The number of hydrazone groups is 1. The second-order valence-electron chi connectivity index (χ2n) is 5.39. The van der Waals surface area contributed by atoms with Gasteiger partial charge in [0, 0.05) is 6.42 Å². The second-order valence-corrected chi connectivity index (χ2v) is 5.39. The van der Waals surface area contributed by atoms with Crippen LogP contribution in [0.3, 0.4) is 0 Å². The fraction of sp³-hybridized carbons (Fsp3) is 0.263. The molecule has 0 bridgehead atoms. The maximum absolute atomic E-state index is 12.5. The Bertz CT molecular complexity index is 825. The van der Waals surface area contributed by atoms with Crippen LogP contribution in [0, 0.1) is 11.8 Å². The summed E-state index contributed by atoms with van der Waals surface area (Å²) in [5, 5.41) is 3.70. The average molecular weight is 362 g/mol. The average Bonchev–Trinajstić information content (AvgIpc) is 3.07. The van der Waals surface area contributed by atoms with E-state index in [1.807, 2.05) is 0 Å². The van der Waals surface area contributed by atoms with Crippen LogP contribution in [-0.4, -0.2) is 12.1 Å². The second kappa shape index (κ2) is 8.90. The summed E-state index contributed by atoms with van der Waals surface area (Å²) in [4.78, 5) is 11.9. The lowest BCUT2D eigenvalue weighted by molar-refractivity contribution is -0.137. The monoisotopic (exact) mass is 362 g/mol. The number of alkyl halides is 3. The largest absolute Gasteiger partial charge is 0.443 e. The number of halogens is 3. The molecule has 1 aromatic carbocycles. The highest BCUT2D eigenvalue weighted by molar-refractivity contribution is 5.92. The highest BCUT2D eigenvalue weighted by atomic mass is 19.4. The number of furan rings is 1. The number of rotatable bonds is 5. The number of benzene rings is 1. The molecule has 4 nitrogen and oxygen atoms in total. The van der Waals surface area contributed by atoms with Crippen LogP contribution in [0.25, 0.3) is 0 Å². The molecule has 2 rings (SSSR count). The molecule has 136 valence electrons. The first-order valence-electron chi connectivity index (χ1n) is 7.99. The zero-order valence-corrected chi connectivity index (χ0v) is 14.1. The lowest BCUT2D eigenvalue weighted by Gasteiger charge is -2.05. The van der Waals surface area contributed by atoms with Crippen molar-refractivity contribution >= 4 is 12.1 Å². The third kappa shape index (κ3) is 5.81. The van der Waals surface area contributed by atoms with Crippen LogP contribution >= 0.6 is 0 Å². The van der Waals surface area contributed by atoms with Crippen molar-refractivity contribution in [2.45, 2.75) is 32.4 Å². The zero-order chi connectivity index (χ0) is 19.0. The fourth-order valence-electron chi connectivity index (χ4n) is 1.92. The molecule has 0 spiro atoms. The van der Waals surface area contributed by atoms with Crippen molar-refractivity contribution in [1.82, 2.24) is 5.43 Å². The number of hydrogen-bond acceptors (Lipinski definition) is 3. The quantitative estimate of drug-likeness (QED) is 0.366. The van der Waals surface area contributed by atoms with Crippen LogP contribution in [0.15, 0.2) is 45.9 Å². The van der Waals surface area contributed by atoms with E-state index >= 15 is 0 Å². The summed E-state index contributed by atoms with van der Waals surface area (Å²) >= 11 is 0. The lowest BCUT2D eigenvalue weighted by atomic mass is 10.1. The molecular weight excluding hydrogens is 345 g/mol. The minimum atomic E-state index is -4.39. The molecule has 26 heavy (non-hydrogen) atoms. The molecule has 0 saturated heterocycles. The van der Waals surface area contributed by atoms with Gasteiger partial charge in [0.1, 0.15) is 0 Å². The number of hydrogen-bond donors (Lipinski definition) is 1. The van der Waals surface area contributed by atoms with Gasteiger partial charge in [0.05, 0.1) is 11.8 Å². The minimum absolute atomic E-state index is 0.0503. The van der Waals surface area contributed by atoms with Gasteiger partial charge in [-0.25, -0.2) is 5.43 Å². The molecule has 1 aromatic heterocycles. The van der Waals surface area contributed by atoms with Gasteiger partial charge in [0.2, 0.25) is 0 Å². The lowest BCUT2D eigenvalue weighted by Crippen LogP contribution is -2.16. The molecule has 0 fully saturated rings. The first-order chi connectivity index (χ1) is 12.4. The summed E-state index contributed by atoms with van der Waals surface area (Å²) in [5.41, 5.74) is 1.92. The van der Waals surface area contributed by atoms with Gasteiger partial charge in [0.25, 0.3) is 0 Å². The van der Waals surface area contributed by atoms with Crippen molar-refractivity contribution in [1.29, 1.82) is 0 Å². The Morgan fingerprint density at radius 3 is 2.62 bits per heavy atom. The molecule has 0 atom stereocenters. The predicted molar refractivity (Wildman–Crippen MR) is 91.6 cm³/mol. The van der Waals surface area contributed by atoms with Gasteiger partial charge in [0.15, 0.2) is 11.5 Å². The molecule has 0 aliphatic carbocycles. The van der Waals surface area contributed by atoms with Crippen LogP contribution in [0.4, 0.5) is 13.2 Å². The van der Waals surface area contributed by atoms with Gasteiger partial charge in [-0.3, -0.25) is 4.79 Å². The van der Waals surface area contributed by atoms with E-state index in [1.165, 1.54) is 24.4 Å². The third-order valence-corrected chi connectivity index (χ3v) is 3.31. The third-order valence-electron chi connectivity index (χ3n) is 3.31. The SMILES string of the molecule is CCCCC#Cc1ccc(C(=O)NN=Cc2ccc(C(F)(F)F)cc2)o1. The van der Waals surface area contributed by atoms with Crippen LogP contribution in [-0.2, 0) is 6.18 Å². The summed E-state index contributed by atoms with van der Waals surface area (Å²) in [6.45, 7) is 2.07.